The lowest BCUT2D eigenvalue weighted by Gasteiger charge is -2.22. The topological polar surface area (TPSA) is 72.7 Å². The van der Waals surface area contributed by atoms with E-state index in [9.17, 15) is 4.79 Å². The predicted octanol–water partition coefficient (Wildman–Crippen LogP) is 5.46. The third-order valence-electron chi connectivity index (χ3n) is 6.50. The lowest BCUT2D eigenvalue weighted by atomic mass is 9.94. The van der Waals surface area contributed by atoms with Gasteiger partial charge in [0.2, 0.25) is 0 Å². The molecule has 6 heteroatoms. The highest BCUT2D eigenvalue weighted by Crippen LogP contribution is 2.23. The lowest BCUT2D eigenvalue weighted by Crippen LogP contribution is -2.36. The Labute approximate surface area is 204 Å². The van der Waals surface area contributed by atoms with Gasteiger partial charge in [-0.25, -0.2) is 4.68 Å². The minimum absolute atomic E-state index is 0.0148. The van der Waals surface area contributed by atoms with Crippen LogP contribution in [0.4, 0.5) is 0 Å². The van der Waals surface area contributed by atoms with E-state index in [2.05, 4.69) is 45.7 Å². The van der Waals surface area contributed by atoms with Gasteiger partial charge in [0.05, 0.1) is 12.7 Å². The first kappa shape index (κ1) is 22.5. The van der Waals surface area contributed by atoms with Crippen LogP contribution in [0.1, 0.15) is 41.3 Å². The second-order valence-electron chi connectivity index (χ2n) is 8.86. The van der Waals surface area contributed by atoms with Crippen molar-refractivity contribution in [3.8, 4) is 11.3 Å². The third-order valence-corrected chi connectivity index (χ3v) is 6.50. The summed E-state index contributed by atoms with van der Waals surface area (Å²) in [6, 6.07) is 26.0. The minimum atomic E-state index is -0.0839. The second-order valence-corrected chi connectivity index (χ2v) is 8.86. The summed E-state index contributed by atoms with van der Waals surface area (Å²) >= 11 is 0. The molecular formula is C29H27N5O. The maximum Gasteiger partial charge on any atom is 0.251 e. The van der Waals surface area contributed by atoms with E-state index in [1.807, 2.05) is 80.0 Å². The number of nitrogens with one attached hydrogen (secondary N) is 1. The van der Waals surface area contributed by atoms with Gasteiger partial charge in [0, 0.05) is 40.9 Å². The van der Waals surface area contributed by atoms with E-state index in [0.717, 1.165) is 27.6 Å². The van der Waals surface area contributed by atoms with Gasteiger partial charge in [-0.3, -0.25) is 9.78 Å². The van der Waals surface area contributed by atoms with E-state index < -0.39 is 0 Å². The Morgan fingerprint density at radius 3 is 2.60 bits per heavy atom. The van der Waals surface area contributed by atoms with Crippen molar-refractivity contribution < 1.29 is 4.79 Å². The van der Waals surface area contributed by atoms with Crippen molar-refractivity contribution in [2.45, 2.75) is 32.4 Å². The van der Waals surface area contributed by atoms with Crippen molar-refractivity contribution >= 4 is 16.7 Å². The van der Waals surface area contributed by atoms with Crippen LogP contribution in [-0.4, -0.2) is 31.9 Å². The van der Waals surface area contributed by atoms with Crippen molar-refractivity contribution in [1.29, 1.82) is 0 Å². The van der Waals surface area contributed by atoms with Gasteiger partial charge < -0.3 is 5.32 Å². The molecule has 6 nitrogen and oxygen atoms in total. The van der Waals surface area contributed by atoms with Gasteiger partial charge in [0.15, 0.2) is 0 Å². The van der Waals surface area contributed by atoms with Gasteiger partial charge in [0.25, 0.3) is 5.91 Å². The van der Waals surface area contributed by atoms with Crippen molar-refractivity contribution in [2.75, 3.05) is 0 Å². The largest absolute Gasteiger partial charge is 0.349 e. The molecule has 0 aliphatic carbocycles. The van der Waals surface area contributed by atoms with Crippen molar-refractivity contribution in [1.82, 2.24) is 25.3 Å². The Kier molecular flexibility index (Phi) is 6.35. The number of rotatable bonds is 7. The van der Waals surface area contributed by atoms with Gasteiger partial charge in [0.1, 0.15) is 5.69 Å². The van der Waals surface area contributed by atoms with Gasteiger partial charge in [-0.05, 0) is 41.6 Å². The van der Waals surface area contributed by atoms with Crippen LogP contribution >= 0.6 is 0 Å². The molecule has 0 bridgehead atoms. The zero-order valence-corrected chi connectivity index (χ0v) is 19.8. The normalized spacial score (nSPS) is 12.9. The number of pyridine rings is 1. The number of carbonyl (C=O) groups is 1. The van der Waals surface area contributed by atoms with Crippen molar-refractivity contribution in [2.24, 2.45) is 0 Å². The molecule has 1 amide bonds. The van der Waals surface area contributed by atoms with Crippen LogP contribution in [0.5, 0.6) is 0 Å². The lowest BCUT2D eigenvalue weighted by molar-refractivity contribution is 0.0934. The first-order valence-electron chi connectivity index (χ1n) is 11.8. The van der Waals surface area contributed by atoms with E-state index >= 15 is 0 Å². The highest BCUT2D eigenvalue weighted by atomic mass is 16.1. The number of fused-ring (bicyclic) bond motifs is 1. The molecule has 5 aromatic rings. The molecule has 0 aliphatic rings. The molecule has 2 heterocycles. The molecular weight excluding hydrogens is 434 g/mol. The summed E-state index contributed by atoms with van der Waals surface area (Å²) < 4.78 is 1.77. The summed E-state index contributed by atoms with van der Waals surface area (Å²) in [6.45, 7) is 4.63. The van der Waals surface area contributed by atoms with Gasteiger partial charge in [-0.1, -0.05) is 72.8 Å². The molecule has 2 unspecified atom stereocenters. The van der Waals surface area contributed by atoms with Crippen LogP contribution in [0.25, 0.3) is 22.0 Å². The monoisotopic (exact) mass is 461 g/mol. The Bertz CT molecular complexity index is 1460. The number of hydrogen-bond donors (Lipinski definition) is 1. The quantitative estimate of drug-likeness (QED) is 0.349. The molecule has 0 spiro atoms. The van der Waals surface area contributed by atoms with Crippen LogP contribution in [0.2, 0.25) is 0 Å². The van der Waals surface area contributed by atoms with E-state index in [0.29, 0.717) is 12.1 Å². The van der Waals surface area contributed by atoms with E-state index in [1.54, 1.807) is 10.9 Å². The maximum absolute atomic E-state index is 13.2. The number of carbonyl (C=O) groups excluding carboxylic acids is 1. The predicted molar refractivity (Wildman–Crippen MR) is 138 cm³/mol. The van der Waals surface area contributed by atoms with Gasteiger partial charge in [-0.15, -0.1) is 5.10 Å². The number of amides is 1. The highest BCUT2D eigenvalue weighted by Gasteiger charge is 2.19. The molecule has 1 N–H and O–H groups in total. The summed E-state index contributed by atoms with van der Waals surface area (Å²) in [5.74, 6) is 0.113. The first-order chi connectivity index (χ1) is 17.1. The molecule has 3 aromatic carbocycles. The number of aromatic nitrogens is 4. The van der Waals surface area contributed by atoms with Crippen molar-refractivity contribution in [3.05, 3.63) is 114 Å². The van der Waals surface area contributed by atoms with Crippen LogP contribution in [0.15, 0.2) is 97.5 Å². The standard InChI is InChI=1S/C29H27N5O/c1-20(22-8-4-3-5-9-22)21(2)31-29(35)27-11-7-6-10-26(27)18-34-19-28(32-33-34)24-12-13-25-17-30-15-14-23(25)16-24/h3-17,19-21H,18H2,1-2H3,(H,31,35). The minimum Gasteiger partial charge on any atom is -0.349 e. The van der Waals surface area contributed by atoms with E-state index in [1.165, 1.54) is 5.56 Å². The molecule has 0 saturated heterocycles. The van der Waals surface area contributed by atoms with E-state index in [-0.39, 0.29) is 17.9 Å². The second kappa shape index (κ2) is 9.89. The Morgan fingerprint density at radius 2 is 1.74 bits per heavy atom. The summed E-state index contributed by atoms with van der Waals surface area (Å²) in [5, 5.41) is 14.1. The smallest absolute Gasteiger partial charge is 0.251 e. The number of hydrogen-bond acceptors (Lipinski definition) is 4. The molecule has 2 atom stereocenters. The van der Waals surface area contributed by atoms with Gasteiger partial charge >= 0.3 is 0 Å². The first-order valence-corrected chi connectivity index (χ1v) is 11.8. The summed E-state index contributed by atoms with van der Waals surface area (Å²) in [4.78, 5) is 17.4. The zero-order valence-electron chi connectivity index (χ0n) is 19.8. The molecule has 35 heavy (non-hydrogen) atoms. The molecule has 0 fully saturated rings. The maximum atomic E-state index is 13.2. The fraction of sp³-hybridized carbons (Fsp3) is 0.172. The summed E-state index contributed by atoms with van der Waals surface area (Å²) in [5.41, 5.74) is 4.52. The Morgan fingerprint density at radius 1 is 0.943 bits per heavy atom. The SMILES string of the molecule is CC(NC(=O)c1ccccc1Cn1cc(-c2ccc3cnccc3c2)nn1)C(C)c1ccccc1. The number of benzene rings is 3. The third kappa shape index (κ3) is 4.96. The van der Waals surface area contributed by atoms with E-state index in [4.69, 9.17) is 0 Å². The molecule has 0 saturated carbocycles. The van der Waals surface area contributed by atoms with Crippen LogP contribution in [0, 0.1) is 0 Å². The molecule has 5 rings (SSSR count). The molecule has 2 aromatic heterocycles. The highest BCUT2D eigenvalue weighted by molar-refractivity contribution is 5.96. The van der Waals surface area contributed by atoms with Crippen LogP contribution in [-0.2, 0) is 6.54 Å². The average molecular weight is 462 g/mol. The Balaban J connectivity index is 1.32. The molecule has 0 aliphatic heterocycles. The molecule has 0 radical (unpaired) electrons. The fourth-order valence-corrected chi connectivity index (χ4v) is 4.26. The summed E-state index contributed by atoms with van der Waals surface area (Å²) in [7, 11) is 0. The van der Waals surface area contributed by atoms with Crippen LogP contribution in [0.3, 0.4) is 0 Å². The van der Waals surface area contributed by atoms with Crippen LogP contribution < -0.4 is 5.32 Å². The number of nitrogens with zero attached hydrogens (tertiary/aromatic N) is 4. The summed E-state index contributed by atoms with van der Waals surface area (Å²) in [6.07, 6.45) is 5.54. The Hall–Kier alpha value is -4.32. The molecule has 174 valence electrons. The average Bonchev–Trinajstić information content (AvgIpc) is 3.37. The fourth-order valence-electron chi connectivity index (χ4n) is 4.26. The van der Waals surface area contributed by atoms with Gasteiger partial charge in [-0.2, -0.15) is 0 Å². The zero-order chi connectivity index (χ0) is 24.2. The van der Waals surface area contributed by atoms with Crippen molar-refractivity contribution in [3.63, 3.8) is 0 Å².